The predicted molar refractivity (Wildman–Crippen MR) is 63.7 cm³/mol. The summed E-state index contributed by atoms with van der Waals surface area (Å²) in [5.41, 5.74) is -0.533. The van der Waals surface area contributed by atoms with Gasteiger partial charge in [0.15, 0.2) is 0 Å². The molecular formula is C12H13ClF3NO. The fraction of sp³-hybridized carbons (Fsp3) is 0.417. The topological polar surface area (TPSA) is 20.3 Å². The molecule has 0 unspecified atom stereocenters. The number of hydrogen-bond donors (Lipinski definition) is 0. The average Bonchev–Trinajstić information content (AvgIpc) is 2.34. The lowest BCUT2D eigenvalue weighted by Gasteiger charge is -2.19. The van der Waals surface area contributed by atoms with Crippen LogP contribution in [0.2, 0.25) is 0 Å². The molecule has 1 rings (SSSR count). The molecule has 1 amide bonds. The lowest BCUT2D eigenvalue weighted by Crippen LogP contribution is -2.32. The molecule has 0 aliphatic carbocycles. The molecular weight excluding hydrogens is 267 g/mol. The molecule has 18 heavy (non-hydrogen) atoms. The second-order valence-corrected chi connectivity index (χ2v) is 4.03. The minimum Gasteiger partial charge on any atom is -0.338 e. The van der Waals surface area contributed by atoms with E-state index in [1.54, 1.807) is 6.92 Å². The third-order valence-electron chi connectivity index (χ3n) is 2.48. The van der Waals surface area contributed by atoms with Crippen LogP contribution in [0, 0.1) is 0 Å². The van der Waals surface area contributed by atoms with Crippen molar-refractivity contribution < 1.29 is 18.0 Å². The summed E-state index contributed by atoms with van der Waals surface area (Å²) < 4.78 is 37.1. The molecule has 0 heterocycles. The van der Waals surface area contributed by atoms with E-state index in [9.17, 15) is 18.0 Å². The van der Waals surface area contributed by atoms with Crippen molar-refractivity contribution in [3.05, 3.63) is 35.4 Å². The molecule has 0 aliphatic rings. The molecule has 0 saturated heterocycles. The summed E-state index contributed by atoms with van der Waals surface area (Å²) in [6.07, 6.45) is -4.39. The standard InChI is InChI=1S/C12H13ClF3NO/c1-2-17(8-7-13)11(18)9-3-5-10(6-4-9)12(14,15)16/h3-6H,2,7-8H2,1H3. The van der Waals surface area contributed by atoms with E-state index in [0.29, 0.717) is 19.0 Å². The lowest BCUT2D eigenvalue weighted by molar-refractivity contribution is -0.137. The number of carbonyl (C=O) groups excluding carboxylic acids is 1. The third kappa shape index (κ3) is 3.63. The number of alkyl halides is 4. The number of halogens is 4. The SMILES string of the molecule is CCN(CCCl)C(=O)c1ccc(C(F)(F)F)cc1. The molecule has 0 N–H and O–H groups in total. The summed E-state index contributed by atoms with van der Waals surface area (Å²) >= 11 is 5.55. The minimum absolute atomic E-state index is 0.231. The molecule has 0 saturated carbocycles. The number of amides is 1. The molecule has 0 aromatic heterocycles. The first-order chi connectivity index (χ1) is 8.40. The molecule has 0 bridgehead atoms. The third-order valence-corrected chi connectivity index (χ3v) is 2.65. The number of carbonyl (C=O) groups is 1. The molecule has 2 nitrogen and oxygen atoms in total. The molecule has 0 spiro atoms. The van der Waals surface area contributed by atoms with Crippen LogP contribution in [0.1, 0.15) is 22.8 Å². The summed E-state index contributed by atoms with van der Waals surface area (Å²) in [4.78, 5) is 13.4. The van der Waals surface area contributed by atoms with Gasteiger partial charge in [0.1, 0.15) is 0 Å². The zero-order valence-corrected chi connectivity index (χ0v) is 10.6. The van der Waals surface area contributed by atoms with Crippen LogP contribution in [0.25, 0.3) is 0 Å². The van der Waals surface area contributed by atoms with Gasteiger partial charge in [-0.25, -0.2) is 0 Å². The van der Waals surface area contributed by atoms with Crippen molar-refractivity contribution in [1.29, 1.82) is 0 Å². The Labute approximate surface area is 108 Å². The predicted octanol–water partition coefficient (Wildman–Crippen LogP) is 3.41. The van der Waals surface area contributed by atoms with Gasteiger partial charge in [-0.1, -0.05) is 0 Å². The molecule has 0 atom stereocenters. The van der Waals surface area contributed by atoms with Crippen LogP contribution in [0.5, 0.6) is 0 Å². The van der Waals surface area contributed by atoms with Crippen molar-refractivity contribution in [3.8, 4) is 0 Å². The number of nitrogens with zero attached hydrogens (tertiary/aromatic N) is 1. The van der Waals surface area contributed by atoms with Gasteiger partial charge in [0.25, 0.3) is 5.91 Å². The Kier molecular flexibility index (Phi) is 5.02. The Balaban J connectivity index is 2.88. The first-order valence-electron chi connectivity index (χ1n) is 5.42. The Bertz CT molecular complexity index is 403. The maximum atomic E-state index is 12.4. The van der Waals surface area contributed by atoms with Crippen molar-refractivity contribution in [2.24, 2.45) is 0 Å². The van der Waals surface area contributed by atoms with Gasteiger partial charge in [-0.05, 0) is 31.2 Å². The van der Waals surface area contributed by atoms with Crippen LogP contribution in [0.3, 0.4) is 0 Å². The Morgan fingerprint density at radius 3 is 2.22 bits per heavy atom. The summed E-state index contributed by atoms with van der Waals surface area (Å²) in [6, 6.07) is 4.17. The van der Waals surface area contributed by atoms with E-state index in [-0.39, 0.29) is 11.5 Å². The molecule has 1 aromatic carbocycles. The van der Waals surface area contributed by atoms with Crippen LogP contribution >= 0.6 is 11.6 Å². The molecule has 6 heteroatoms. The van der Waals surface area contributed by atoms with Gasteiger partial charge in [-0.2, -0.15) is 13.2 Å². The minimum atomic E-state index is -4.39. The van der Waals surface area contributed by atoms with E-state index in [4.69, 9.17) is 11.6 Å². The lowest BCUT2D eigenvalue weighted by atomic mass is 10.1. The normalized spacial score (nSPS) is 11.4. The molecule has 0 fully saturated rings. The van der Waals surface area contributed by atoms with Gasteiger partial charge < -0.3 is 4.90 Å². The molecule has 0 radical (unpaired) electrons. The van der Waals surface area contributed by atoms with Gasteiger partial charge in [0.05, 0.1) is 5.56 Å². The largest absolute Gasteiger partial charge is 0.416 e. The van der Waals surface area contributed by atoms with Crippen LogP contribution in [-0.2, 0) is 6.18 Å². The number of hydrogen-bond acceptors (Lipinski definition) is 1. The Hall–Kier alpha value is -1.23. The fourth-order valence-electron chi connectivity index (χ4n) is 1.49. The first-order valence-corrected chi connectivity index (χ1v) is 5.96. The van der Waals surface area contributed by atoms with Crippen LogP contribution in [0.15, 0.2) is 24.3 Å². The second-order valence-electron chi connectivity index (χ2n) is 3.65. The Morgan fingerprint density at radius 1 is 1.28 bits per heavy atom. The summed E-state index contributed by atoms with van der Waals surface area (Å²) in [5, 5.41) is 0. The van der Waals surface area contributed by atoms with E-state index in [1.165, 1.54) is 17.0 Å². The summed E-state index contributed by atoms with van der Waals surface area (Å²) in [6.45, 7) is 2.62. The number of benzene rings is 1. The maximum Gasteiger partial charge on any atom is 0.416 e. The van der Waals surface area contributed by atoms with Gasteiger partial charge in [-0.15, -0.1) is 11.6 Å². The van der Waals surface area contributed by atoms with Gasteiger partial charge in [-0.3, -0.25) is 4.79 Å². The van der Waals surface area contributed by atoms with E-state index in [1.807, 2.05) is 0 Å². The monoisotopic (exact) mass is 279 g/mol. The van der Waals surface area contributed by atoms with Crippen molar-refractivity contribution >= 4 is 17.5 Å². The van der Waals surface area contributed by atoms with Crippen molar-refractivity contribution in [3.63, 3.8) is 0 Å². The van der Waals surface area contributed by atoms with Gasteiger partial charge in [0, 0.05) is 24.5 Å². The summed E-state index contributed by atoms with van der Waals surface area (Å²) in [5.74, 6) is -0.0212. The van der Waals surface area contributed by atoms with Gasteiger partial charge in [0.2, 0.25) is 0 Å². The summed E-state index contributed by atoms with van der Waals surface area (Å²) in [7, 11) is 0. The Morgan fingerprint density at radius 2 is 1.83 bits per heavy atom. The van der Waals surface area contributed by atoms with E-state index in [2.05, 4.69) is 0 Å². The average molecular weight is 280 g/mol. The first kappa shape index (κ1) is 14.8. The highest BCUT2D eigenvalue weighted by molar-refractivity contribution is 6.18. The highest BCUT2D eigenvalue weighted by Crippen LogP contribution is 2.29. The van der Waals surface area contributed by atoms with Crippen LogP contribution in [0.4, 0.5) is 13.2 Å². The quantitative estimate of drug-likeness (QED) is 0.774. The second kappa shape index (κ2) is 6.09. The maximum absolute atomic E-state index is 12.4. The van der Waals surface area contributed by atoms with Crippen LogP contribution < -0.4 is 0 Å². The van der Waals surface area contributed by atoms with E-state index < -0.39 is 11.7 Å². The van der Waals surface area contributed by atoms with Crippen molar-refractivity contribution in [2.45, 2.75) is 13.1 Å². The zero-order chi connectivity index (χ0) is 13.8. The van der Waals surface area contributed by atoms with Crippen molar-refractivity contribution in [1.82, 2.24) is 4.90 Å². The highest BCUT2D eigenvalue weighted by atomic mass is 35.5. The van der Waals surface area contributed by atoms with Crippen LogP contribution in [-0.4, -0.2) is 29.8 Å². The number of rotatable bonds is 4. The van der Waals surface area contributed by atoms with E-state index >= 15 is 0 Å². The fourth-order valence-corrected chi connectivity index (χ4v) is 1.69. The van der Waals surface area contributed by atoms with E-state index in [0.717, 1.165) is 12.1 Å². The zero-order valence-electron chi connectivity index (χ0n) is 9.80. The molecule has 1 aromatic rings. The molecule has 100 valence electrons. The smallest absolute Gasteiger partial charge is 0.338 e. The van der Waals surface area contributed by atoms with Crippen molar-refractivity contribution in [2.75, 3.05) is 19.0 Å². The van der Waals surface area contributed by atoms with Gasteiger partial charge >= 0.3 is 6.18 Å². The molecule has 0 aliphatic heterocycles. The highest BCUT2D eigenvalue weighted by Gasteiger charge is 2.30.